The molecule has 0 aliphatic carbocycles. The Morgan fingerprint density at radius 2 is 1.29 bits per heavy atom. The number of rotatable bonds is 2. The van der Waals surface area contributed by atoms with Gasteiger partial charge in [0.15, 0.2) is 5.58 Å². The van der Waals surface area contributed by atoms with Gasteiger partial charge in [-0.2, -0.15) is 5.26 Å². The van der Waals surface area contributed by atoms with Crippen LogP contribution in [0.15, 0.2) is 130 Å². The molecule has 0 amide bonds. The van der Waals surface area contributed by atoms with Crippen LogP contribution in [0, 0.1) is 11.3 Å². The van der Waals surface area contributed by atoms with Crippen molar-refractivity contribution in [2.75, 3.05) is 0 Å². The average molecular weight is 525 g/mol. The Hall–Kier alpha value is -5.79. The highest BCUT2D eigenvalue weighted by molar-refractivity contribution is 6.17. The van der Waals surface area contributed by atoms with Crippen LogP contribution in [0.5, 0.6) is 0 Å². The first-order valence-corrected chi connectivity index (χ1v) is 13.6. The van der Waals surface area contributed by atoms with Gasteiger partial charge in [0.25, 0.3) is 0 Å². The molecule has 0 saturated carbocycles. The summed E-state index contributed by atoms with van der Waals surface area (Å²) in [7, 11) is 0. The lowest BCUT2D eigenvalue weighted by Crippen LogP contribution is -1.94. The molecule has 4 heteroatoms. The van der Waals surface area contributed by atoms with E-state index in [-0.39, 0.29) is 0 Å². The highest BCUT2D eigenvalue weighted by atomic mass is 16.3. The minimum absolute atomic E-state index is 0.628. The van der Waals surface area contributed by atoms with Gasteiger partial charge in [0.2, 0.25) is 0 Å². The van der Waals surface area contributed by atoms with Gasteiger partial charge in [0.05, 0.1) is 28.4 Å². The first-order chi connectivity index (χ1) is 20.3. The number of nitriles is 1. The van der Waals surface area contributed by atoms with Crippen LogP contribution >= 0.6 is 0 Å². The summed E-state index contributed by atoms with van der Waals surface area (Å²) in [6, 6.07) is 43.7. The first kappa shape index (κ1) is 22.1. The topological polar surface area (TPSA) is 55.0 Å². The minimum Gasteiger partial charge on any atom is -0.456 e. The summed E-state index contributed by atoms with van der Waals surface area (Å²) in [5, 5.41) is 16.2. The highest BCUT2D eigenvalue weighted by Gasteiger charge is 2.20. The molecule has 0 saturated heterocycles. The standard InChI is InChI=1S/C37H20N2O2/c38-21-22-15-17-26-25-7-1-3-11-30(25)39(32(26)19-22)31-12-5-10-28-36-24(9-6-14-35(36)41-37(28)31)23-16-18-34-29(20-23)27-8-2-4-13-33(27)40-34/h1-20H. The van der Waals surface area contributed by atoms with Crippen LogP contribution in [0.1, 0.15) is 5.56 Å². The van der Waals surface area contributed by atoms with Crippen LogP contribution in [0.25, 0.3) is 82.5 Å². The van der Waals surface area contributed by atoms with Crippen molar-refractivity contribution in [1.82, 2.24) is 4.57 Å². The molecule has 0 unspecified atom stereocenters. The van der Waals surface area contributed by atoms with Gasteiger partial charge < -0.3 is 13.4 Å². The Morgan fingerprint density at radius 3 is 2.22 bits per heavy atom. The molecule has 0 fully saturated rings. The summed E-state index contributed by atoms with van der Waals surface area (Å²) in [5.74, 6) is 0. The van der Waals surface area contributed by atoms with Gasteiger partial charge in [-0.15, -0.1) is 0 Å². The Kier molecular flexibility index (Phi) is 4.37. The SMILES string of the molecule is N#Cc1ccc2c3ccccc3n(-c3cccc4c3oc3cccc(-c5ccc6oc7ccccc7c6c5)c34)c2c1. The van der Waals surface area contributed by atoms with Crippen molar-refractivity contribution in [2.45, 2.75) is 0 Å². The van der Waals surface area contributed by atoms with E-state index in [4.69, 9.17) is 8.83 Å². The number of aromatic nitrogens is 1. The number of nitrogens with zero attached hydrogens (tertiary/aromatic N) is 2. The maximum atomic E-state index is 9.67. The quantitative estimate of drug-likeness (QED) is 0.226. The van der Waals surface area contributed by atoms with E-state index in [9.17, 15) is 5.26 Å². The summed E-state index contributed by atoms with van der Waals surface area (Å²) in [6.45, 7) is 0. The number of benzene rings is 6. The van der Waals surface area contributed by atoms with Gasteiger partial charge >= 0.3 is 0 Å². The molecular weight excluding hydrogens is 504 g/mol. The van der Waals surface area contributed by atoms with E-state index in [0.29, 0.717) is 5.56 Å². The molecule has 0 atom stereocenters. The fourth-order valence-electron chi connectivity index (χ4n) is 6.44. The Bertz CT molecular complexity index is 2550. The minimum atomic E-state index is 0.628. The summed E-state index contributed by atoms with van der Waals surface area (Å²) in [4.78, 5) is 0. The lowest BCUT2D eigenvalue weighted by Gasteiger charge is -2.09. The largest absolute Gasteiger partial charge is 0.456 e. The molecule has 3 heterocycles. The lowest BCUT2D eigenvalue weighted by atomic mass is 9.98. The van der Waals surface area contributed by atoms with Crippen molar-refractivity contribution in [3.8, 4) is 22.9 Å². The average Bonchev–Trinajstić information content (AvgIpc) is 3.69. The Balaban J connectivity index is 1.35. The molecule has 0 aliphatic heterocycles. The van der Waals surface area contributed by atoms with Crippen LogP contribution < -0.4 is 0 Å². The maximum Gasteiger partial charge on any atom is 0.159 e. The molecule has 9 rings (SSSR count). The third-order valence-corrected chi connectivity index (χ3v) is 8.23. The lowest BCUT2D eigenvalue weighted by molar-refractivity contribution is 0.666. The third-order valence-electron chi connectivity index (χ3n) is 8.23. The van der Waals surface area contributed by atoms with E-state index in [0.717, 1.165) is 82.5 Å². The monoisotopic (exact) mass is 524 g/mol. The van der Waals surface area contributed by atoms with Gasteiger partial charge in [0.1, 0.15) is 16.7 Å². The molecule has 0 bridgehead atoms. The third kappa shape index (κ3) is 3.03. The summed E-state index contributed by atoms with van der Waals surface area (Å²) < 4.78 is 15.0. The fraction of sp³-hybridized carbons (Fsp3) is 0. The predicted molar refractivity (Wildman–Crippen MR) is 165 cm³/mol. The van der Waals surface area contributed by atoms with Crippen LogP contribution in [0.4, 0.5) is 0 Å². The fourth-order valence-corrected chi connectivity index (χ4v) is 6.44. The number of hydrogen-bond acceptors (Lipinski definition) is 3. The van der Waals surface area contributed by atoms with Gasteiger partial charge in [-0.1, -0.05) is 72.8 Å². The second-order valence-corrected chi connectivity index (χ2v) is 10.4. The van der Waals surface area contributed by atoms with Gasteiger partial charge in [-0.3, -0.25) is 0 Å². The van der Waals surface area contributed by atoms with Crippen LogP contribution in [0.2, 0.25) is 0 Å². The molecule has 0 aliphatic rings. The summed E-state index contributed by atoms with van der Waals surface area (Å²) in [6.07, 6.45) is 0. The molecule has 0 radical (unpaired) electrons. The summed E-state index contributed by atoms with van der Waals surface area (Å²) in [5.41, 5.74) is 9.27. The molecule has 9 aromatic rings. The van der Waals surface area contributed by atoms with Crippen molar-refractivity contribution in [1.29, 1.82) is 5.26 Å². The summed E-state index contributed by atoms with van der Waals surface area (Å²) >= 11 is 0. The highest BCUT2D eigenvalue weighted by Crippen LogP contribution is 2.42. The van der Waals surface area contributed by atoms with E-state index in [1.807, 2.05) is 42.5 Å². The zero-order valence-corrected chi connectivity index (χ0v) is 21.8. The molecule has 6 aromatic carbocycles. The second-order valence-electron chi connectivity index (χ2n) is 10.4. The zero-order chi connectivity index (χ0) is 27.1. The van der Waals surface area contributed by atoms with Crippen molar-refractivity contribution in [3.63, 3.8) is 0 Å². The predicted octanol–water partition coefficient (Wildman–Crippen LogP) is 10.1. The van der Waals surface area contributed by atoms with Crippen LogP contribution in [0.3, 0.4) is 0 Å². The van der Waals surface area contributed by atoms with Crippen molar-refractivity contribution in [3.05, 3.63) is 127 Å². The maximum absolute atomic E-state index is 9.67. The molecular formula is C37H20N2O2. The van der Waals surface area contributed by atoms with E-state index < -0.39 is 0 Å². The molecule has 4 nitrogen and oxygen atoms in total. The van der Waals surface area contributed by atoms with Crippen LogP contribution in [-0.4, -0.2) is 4.57 Å². The van der Waals surface area contributed by atoms with Gasteiger partial charge in [-0.05, 0) is 59.7 Å². The van der Waals surface area contributed by atoms with E-state index in [1.54, 1.807) is 0 Å². The molecule has 190 valence electrons. The van der Waals surface area contributed by atoms with Crippen molar-refractivity contribution < 1.29 is 8.83 Å². The van der Waals surface area contributed by atoms with E-state index in [1.165, 1.54) is 0 Å². The number of para-hydroxylation sites is 3. The normalized spacial score (nSPS) is 11.9. The first-order valence-electron chi connectivity index (χ1n) is 13.6. The second kappa shape index (κ2) is 8.11. The molecule has 3 aromatic heterocycles. The van der Waals surface area contributed by atoms with E-state index in [2.05, 4.69) is 89.5 Å². The van der Waals surface area contributed by atoms with E-state index >= 15 is 0 Å². The smallest absolute Gasteiger partial charge is 0.159 e. The van der Waals surface area contributed by atoms with Gasteiger partial charge in [0, 0.05) is 32.3 Å². The number of fused-ring (bicyclic) bond motifs is 9. The Morgan fingerprint density at radius 1 is 0.537 bits per heavy atom. The van der Waals surface area contributed by atoms with Crippen molar-refractivity contribution >= 4 is 65.7 Å². The van der Waals surface area contributed by atoms with Crippen molar-refractivity contribution in [2.24, 2.45) is 0 Å². The molecule has 0 spiro atoms. The number of hydrogen-bond donors (Lipinski definition) is 0. The zero-order valence-electron chi connectivity index (χ0n) is 21.8. The van der Waals surface area contributed by atoms with Gasteiger partial charge in [-0.25, -0.2) is 0 Å². The number of furan rings is 2. The molecule has 0 N–H and O–H groups in total. The van der Waals surface area contributed by atoms with Crippen LogP contribution in [-0.2, 0) is 0 Å². The Labute approximate surface area is 233 Å². The molecule has 41 heavy (non-hydrogen) atoms.